The Bertz CT molecular complexity index is 2020. The summed E-state index contributed by atoms with van der Waals surface area (Å²) in [4.78, 5) is 3.82. The number of hydrogen-bond acceptors (Lipinski definition) is 0. The van der Waals surface area contributed by atoms with Crippen molar-refractivity contribution in [2.24, 2.45) is 0 Å². The van der Waals surface area contributed by atoms with Crippen LogP contribution in [0.25, 0.3) is 65.6 Å². The lowest BCUT2D eigenvalue weighted by Crippen LogP contribution is -2.14. The molecule has 0 saturated carbocycles. The van der Waals surface area contributed by atoms with Crippen LogP contribution >= 0.6 is 0 Å². The summed E-state index contributed by atoms with van der Waals surface area (Å²) >= 11 is 0. The van der Waals surface area contributed by atoms with Crippen molar-refractivity contribution in [1.82, 2.24) is 4.98 Å². The van der Waals surface area contributed by atoms with E-state index in [-0.39, 0.29) is 5.41 Å². The van der Waals surface area contributed by atoms with Gasteiger partial charge >= 0.3 is 0 Å². The lowest BCUT2D eigenvalue weighted by molar-refractivity contribution is 0.661. The fraction of sp³-hybridized carbons (Fsp3) is 0.0857. The van der Waals surface area contributed by atoms with Gasteiger partial charge in [0.05, 0.1) is 11.0 Å². The van der Waals surface area contributed by atoms with Crippen molar-refractivity contribution < 1.29 is 0 Å². The van der Waals surface area contributed by atoms with Crippen molar-refractivity contribution >= 4 is 43.4 Å². The van der Waals surface area contributed by atoms with Crippen molar-refractivity contribution in [3.63, 3.8) is 0 Å². The van der Waals surface area contributed by atoms with Crippen LogP contribution in [-0.2, 0) is 5.41 Å². The van der Waals surface area contributed by atoms with Gasteiger partial charge in [0, 0.05) is 27.1 Å². The van der Waals surface area contributed by atoms with Gasteiger partial charge in [-0.3, -0.25) is 0 Å². The summed E-state index contributed by atoms with van der Waals surface area (Å²) < 4.78 is 0. The number of para-hydroxylation sites is 1. The van der Waals surface area contributed by atoms with E-state index in [1.54, 1.807) is 0 Å². The van der Waals surface area contributed by atoms with Gasteiger partial charge in [-0.15, -0.1) is 0 Å². The van der Waals surface area contributed by atoms with E-state index in [1.165, 1.54) is 76.7 Å². The molecule has 0 unspecified atom stereocenters. The van der Waals surface area contributed by atoms with Crippen LogP contribution in [0.15, 0.2) is 109 Å². The molecule has 1 heterocycles. The van der Waals surface area contributed by atoms with Crippen molar-refractivity contribution in [3.8, 4) is 22.3 Å². The van der Waals surface area contributed by atoms with Crippen LogP contribution in [-0.4, -0.2) is 4.98 Å². The largest absolute Gasteiger partial charge is 0.353 e. The van der Waals surface area contributed by atoms with E-state index in [2.05, 4.69) is 128 Å². The molecule has 0 amide bonds. The number of rotatable bonds is 1. The number of aromatic nitrogens is 1. The van der Waals surface area contributed by atoms with Gasteiger partial charge in [-0.25, -0.2) is 0 Å². The summed E-state index contributed by atoms with van der Waals surface area (Å²) in [6, 6.07) is 40.3. The normalized spacial score (nSPS) is 14.1. The summed E-state index contributed by atoms with van der Waals surface area (Å²) in [5, 5.41) is 7.74. The maximum absolute atomic E-state index is 3.82. The highest BCUT2D eigenvalue weighted by Gasteiger charge is 2.36. The third-order valence-electron chi connectivity index (χ3n) is 8.41. The topological polar surface area (TPSA) is 15.8 Å². The average Bonchev–Trinajstić information content (AvgIpc) is 3.41. The summed E-state index contributed by atoms with van der Waals surface area (Å²) in [6.07, 6.45) is 0. The lowest BCUT2D eigenvalue weighted by Gasteiger charge is -2.21. The number of hydrogen-bond donors (Lipinski definition) is 1. The van der Waals surface area contributed by atoms with Crippen molar-refractivity contribution in [1.29, 1.82) is 0 Å². The molecule has 0 bridgehead atoms. The molecule has 8 rings (SSSR count). The molecule has 1 N–H and O–H groups in total. The summed E-state index contributed by atoms with van der Waals surface area (Å²) in [5.74, 6) is 0. The predicted octanol–water partition coefficient (Wildman–Crippen LogP) is 9.60. The van der Waals surface area contributed by atoms with Crippen molar-refractivity contribution in [2.45, 2.75) is 19.3 Å². The van der Waals surface area contributed by atoms with Gasteiger partial charge in [0.15, 0.2) is 0 Å². The van der Waals surface area contributed by atoms with E-state index in [9.17, 15) is 0 Å². The van der Waals surface area contributed by atoms with E-state index in [0.29, 0.717) is 0 Å². The first-order valence-corrected chi connectivity index (χ1v) is 12.7. The molecule has 0 radical (unpaired) electrons. The predicted molar refractivity (Wildman–Crippen MR) is 154 cm³/mol. The van der Waals surface area contributed by atoms with E-state index in [4.69, 9.17) is 0 Å². The fourth-order valence-corrected chi connectivity index (χ4v) is 6.60. The van der Waals surface area contributed by atoms with Gasteiger partial charge in [-0.2, -0.15) is 0 Å². The molecule has 0 atom stereocenters. The van der Waals surface area contributed by atoms with E-state index >= 15 is 0 Å². The van der Waals surface area contributed by atoms with Crippen molar-refractivity contribution in [3.05, 3.63) is 120 Å². The highest BCUT2D eigenvalue weighted by atomic mass is 14.7. The molecule has 1 aliphatic rings. The lowest BCUT2D eigenvalue weighted by atomic mass is 9.82. The first-order chi connectivity index (χ1) is 17.6. The SMILES string of the molecule is CC1(C)c2ccc(-c3cccc4c3[nH]c3c5ccccc5ccc43)cc2-c2c1ccc1ccccc21. The number of nitrogens with one attached hydrogen (secondary N) is 1. The molecule has 170 valence electrons. The number of benzene rings is 6. The number of aromatic amines is 1. The Kier molecular flexibility index (Phi) is 3.79. The molecule has 0 saturated heterocycles. The molecule has 0 aliphatic heterocycles. The van der Waals surface area contributed by atoms with Crippen LogP contribution in [0.2, 0.25) is 0 Å². The molecule has 1 aromatic heterocycles. The Morgan fingerprint density at radius 3 is 2.03 bits per heavy atom. The van der Waals surface area contributed by atoms with Gasteiger partial charge in [0.25, 0.3) is 0 Å². The summed E-state index contributed by atoms with van der Waals surface area (Å²) in [7, 11) is 0. The van der Waals surface area contributed by atoms with E-state index in [1.807, 2.05) is 0 Å². The van der Waals surface area contributed by atoms with Crippen LogP contribution in [0.5, 0.6) is 0 Å². The van der Waals surface area contributed by atoms with Gasteiger partial charge in [0.1, 0.15) is 0 Å². The molecule has 1 nitrogen and oxygen atoms in total. The van der Waals surface area contributed by atoms with Crippen molar-refractivity contribution in [2.75, 3.05) is 0 Å². The zero-order chi connectivity index (χ0) is 24.0. The minimum Gasteiger partial charge on any atom is -0.353 e. The molecule has 36 heavy (non-hydrogen) atoms. The second kappa shape index (κ2) is 6.86. The highest BCUT2D eigenvalue weighted by molar-refractivity contribution is 6.19. The third kappa shape index (κ3) is 2.50. The highest BCUT2D eigenvalue weighted by Crippen LogP contribution is 2.52. The van der Waals surface area contributed by atoms with Crippen LogP contribution in [0, 0.1) is 0 Å². The molecule has 0 fully saturated rings. The smallest absolute Gasteiger partial charge is 0.0544 e. The first-order valence-electron chi connectivity index (χ1n) is 12.7. The number of H-pyrrole nitrogens is 1. The zero-order valence-corrected chi connectivity index (χ0v) is 20.4. The third-order valence-corrected chi connectivity index (χ3v) is 8.41. The van der Waals surface area contributed by atoms with Crippen LogP contribution in [0.3, 0.4) is 0 Å². The number of fused-ring (bicyclic) bond motifs is 10. The minimum absolute atomic E-state index is 0.0146. The fourth-order valence-electron chi connectivity index (χ4n) is 6.60. The van der Waals surface area contributed by atoms with Crippen LogP contribution < -0.4 is 0 Å². The molecular weight excluding hydrogens is 434 g/mol. The van der Waals surface area contributed by atoms with Gasteiger partial charge in [-0.05, 0) is 50.0 Å². The zero-order valence-electron chi connectivity index (χ0n) is 20.4. The Morgan fingerprint density at radius 1 is 0.500 bits per heavy atom. The molecule has 0 spiro atoms. The monoisotopic (exact) mass is 459 g/mol. The molecule has 7 aromatic rings. The van der Waals surface area contributed by atoms with Crippen LogP contribution in [0.4, 0.5) is 0 Å². The summed E-state index contributed by atoms with van der Waals surface area (Å²) in [6.45, 7) is 4.71. The van der Waals surface area contributed by atoms with Gasteiger partial charge in [0.2, 0.25) is 0 Å². The second-order valence-corrected chi connectivity index (χ2v) is 10.7. The first kappa shape index (κ1) is 19.9. The van der Waals surface area contributed by atoms with Crippen LogP contribution in [0.1, 0.15) is 25.0 Å². The Labute approximate surface area is 210 Å². The molecule has 1 aliphatic carbocycles. The Balaban J connectivity index is 1.42. The minimum atomic E-state index is -0.0146. The van der Waals surface area contributed by atoms with E-state index in [0.717, 1.165) is 0 Å². The quantitative estimate of drug-likeness (QED) is 0.251. The Morgan fingerprint density at radius 2 is 1.17 bits per heavy atom. The maximum Gasteiger partial charge on any atom is 0.0544 e. The average molecular weight is 460 g/mol. The standard InChI is InChI=1S/C35H25N/c1-35(2)30-18-16-23(20-29(30)32-24-10-5-3-8-21(24)15-19-31(32)35)26-12-7-13-27-28-17-14-22-9-4-6-11-25(22)33(28)36-34(26)27/h3-20,36H,1-2H3. The van der Waals surface area contributed by atoms with E-state index < -0.39 is 0 Å². The summed E-state index contributed by atoms with van der Waals surface area (Å²) in [5.41, 5.74) is 10.5. The Hall–Kier alpha value is -4.36. The molecular formula is C35H25N. The molecule has 6 aromatic carbocycles. The maximum atomic E-state index is 3.82. The van der Waals surface area contributed by atoms with Gasteiger partial charge in [-0.1, -0.05) is 117 Å². The second-order valence-electron chi connectivity index (χ2n) is 10.7. The van der Waals surface area contributed by atoms with Gasteiger partial charge < -0.3 is 4.98 Å². The molecule has 1 heteroatoms.